The minimum atomic E-state index is -0.122. The number of hydrogen-bond acceptors (Lipinski definition) is 3. The zero-order chi connectivity index (χ0) is 19.7. The number of nitrogens with one attached hydrogen (secondary N) is 2. The van der Waals surface area contributed by atoms with Gasteiger partial charge in [0.15, 0.2) is 0 Å². The monoisotopic (exact) mass is 370 g/mol. The van der Waals surface area contributed by atoms with Crippen LogP contribution in [-0.2, 0) is 6.54 Å². The van der Waals surface area contributed by atoms with Crippen molar-refractivity contribution in [1.82, 2.24) is 4.98 Å². The van der Waals surface area contributed by atoms with E-state index in [9.17, 15) is 9.90 Å². The number of anilines is 1. The molecule has 4 heteroatoms. The van der Waals surface area contributed by atoms with Crippen LogP contribution in [0, 0.1) is 13.8 Å². The van der Waals surface area contributed by atoms with Gasteiger partial charge in [-0.1, -0.05) is 42.5 Å². The van der Waals surface area contributed by atoms with Crippen molar-refractivity contribution < 1.29 is 5.11 Å². The van der Waals surface area contributed by atoms with Gasteiger partial charge in [-0.05, 0) is 60.4 Å². The van der Waals surface area contributed by atoms with E-state index in [-0.39, 0.29) is 11.3 Å². The van der Waals surface area contributed by atoms with Crippen LogP contribution in [0.15, 0.2) is 71.5 Å². The average molecular weight is 370 g/mol. The third-order valence-corrected chi connectivity index (χ3v) is 4.96. The van der Waals surface area contributed by atoms with Crippen LogP contribution in [-0.4, -0.2) is 10.1 Å². The van der Waals surface area contributed by atoms with E-state index in [1.54, 1.807) is 6.07 Å². The lowest BCUT2D eigenvalue weighted by Gasteiger charge is -2.12. The molecule has 0 fully saturated rings. The van der Waals surface area contributed by atoms with Gasteiger partial charge < -0.3 is 15.4 Å². The highest BCUT2D eigenvalue weighted by molar-refractivity contribution is 5.83. The molecule has 3 N–H and O–H groups in total. The molecule has 0 saturated heterocycles. The van der Waals surface area contributed by atoms with Gasteiger partial charge in [-0.3, -0.25) is 4.79 Å². The molecule has 0 bridgehead atoms. The van der Waals surface area contributed by atoms with Gasteiger partial charge in [0.05, 0.1) is 5.69 Å². The molecule has 0 aliphatic carbocycles. The molecule has 0 atom stereocenters. The van der Waals surface area contributed by atoms with Crippen molar-refractivity contribution >= 4 is 16.6 Å². The summed E-state index contributed by atoms with van der Waals surface area (Å²) in [6, 6.07) is 21.4. The number of pyridine rings is 1. The average Bonchev–Trinajstić information content (AvgIpc) is 2.68. The van der Waals surface area contributed by atoms with Crippen LogP contribution in [0.1, 0.15) is 16.7 Å². The summed E-state index contributed by atoms with van der Waals surface area (Å²) in [7, 11) is 0. The Balaban J connectivity index is 1.64. The Morgan fingerprint density at radius 2 is 1.71 bits per heavy atom. The molecule has 28 heavy (non-hydrogen) atoms. The number of H-pyrrole nitrogens is 1. The van der Waals surface area contributed by atoms with E-state index < -0.39 is 0 Å². The molecule has 4 nitrogen and oxygen atoms in total. The molecular formula is C24H22N2O2. The molecule has 0 radical (unpaired) electrons. The molecule has 0 aliphatic rings. The number of aromatic amines is 1. The second kappa shape index (κ2) is 7.24. The highest BCUT2D eigenvalue weighted by Gasteiger charge is 2.08. The maximum atomic E-state index is 12.5. The normalized spacial score (nSPS) is 10.9. The van der Waals surface area contributed by atoms with Crippen LogP contribution in [0.3, 0.4) is 0 Å². The zero-order valence-electron chi connectivity index (χ0n) is 15.9. The second-order valence-electron chi connectivity index (χ2n) is 7.12. The van der Waals surface area contributed by atoms with Crippen molar-refractivity contribution in [3.63, 3.8) is 0 Å². The van der Waals surface area contributed by atoms with Gasteiger partial charge in [-0.2, -0.15) is 0 Å². The first-order chi connectivity index (χ1) is 13.5. The number of rotatable bonds is 4. The van der Waals surface area contributed by atoms with Gasteiger partial charge in [0.25, 0.3) is 5.56 Å². The highest BCUT2D eigenvalue weighted by Crippen LogP contribution is 2.30. The molecular weight excluding hydrogens is 348 g/mol. The molecule has 0 saturated carbocycles. The van der Waals surface area contributed by atoms with Gasteiger partial charge in [0.1, 0.15) is 5.75 Å². The number of phenolic OH excluding ortho intramolecular Hbond substituents is 1. The lowest BCUT2D eigenvalue weighted by Crippen LogP contribution is -2.16. The fourth-order valence-electron chi connectivity index (χ4n) is 3.53. The standard InChI is InChI=1S/C24H22N2O2/c1-15-10-16(2)20-12-19(24(28)26-21(20)11-15)14-25-22-13-18(8-9-23(22)27)17-6-4-3-5-7-17/h3-13,25,27H,14H2,1-2H3,(H,26,28). The fourth-order valence-corrected chi connectivity index (χ4v) is 3.53. The van der Waals surface area contributed by atoms with Gasteiger partial charge >= 0.3 is 0 Å². The number of fused-ring (bicyclic) bond motifs is 1. The highest BCUT2D eigenvalue weighted by atomic mass is 16.3. The van der Waals surface area contributed by atoms with Crippen LogP contribution >= 0.6 is 0 Å². The number of hydrogen-bond donors (Lipinski definition) is 3. The molecule has 4 rings (SSSR count). The first kappa shape index (κ1) is 17.9. The van der Waals surface area contributed by atoms with Gasteiger partial charge in [0.2, 0.25) is 0 Å². The van der Waals surface area contributed by atoms with Crippen LogP contribution in [0.4, 0.5) is 5.69 Å². The maximum Gasteiger partial charge on any atom is 0.253 e. The van der Waals surface area contributed by atoms with Crippen molar-refractivity contribution in [2.45, 2.75) is 20.4 Å². The summed E-state index contributed by atoms with van der Waals surface area (Å²) in [6.45, 7) is 4.38. The summed E-state index contributed by atoms with van der Waals surface area (Å²) >= 11 is 0. The molecule has 1 aromatic heterocycles. The number of phenols is 1. The van der Waals surface area contributed by atoms with Gasteiger partial charge in [0, 0.05) is 23.0 Å². The Morgan fingerprint density at radius 3 is 2.50 bits per heavy atom. The lowest BCUT2D eigenvalue weighted by atomic mass is 10.0. The van der Waals surface area contributed by atoms with E-state index in [0.717, 1.165) is 33.2 Å². The minimum absolute atomic E-state index is 0.122. The summed E-state index contributed by atoms with van der Waals surface area (Å²) in [5.74, 6) is 0.156. The number of aryl methyl sites for hydroxylation is 2. The molecule has 1 heterocycles. The summed E-state index contributed by atoms with van der Waals surface area (Å²) in [5.41, 5.74) is 6.27. The molecule has 3 aromatic carbocycles. The van der Waals surface area contributed by atoms with Crippen LogP contribution in [0.5, 0.6) is 5.75 Å². The van der Waals surface area contributed by atoms with Crippen molar-refractivity contribution in [3.05, 3.63) is 93.8 Å². The predicted octanol–water partition coefficient (Wildman–Crippen LogP) is 5.13. The molecule has 0 amide bonds. The van der Waals surface area contributed by atoms with E-state index in [2.05, 4.69) is 16.4 Å². The zero-order valence-corrected chi connectivity index (χ0v) is 15.9. The first-order valence-electron chi connectivity index (χ1n) is 9.27. The maximum absolute atomic E-state index is 12.5. The minimum Gasteiger partial charge on any atom is -0.506 e. The molecule has 0 aliphatic heterocycles. The van der Waals surface area contributed by atoms with Gasteiger partial charge in [-0.25, -0.2) is 0 Å². The number of benzene rings is 3. The van der Waals surface area contributed by atoms with E-state index in [4.69, 9.17) is 0 Å². The topological polar surface area (TPSA) is 65.1 Å². The third-order valence-electron chi connectivity index (χ3n) is 4.96. The molecule has 140 valence electrons. The Hall–Kier alpha value is -3.53. The van der Waals surface area contributed by atoms with E-state index in [1.807, 2.05) is 68.4 Å². The van der Waals surface area contributed by atoms with E-state index >= 15 is 0 Å². The lowest BCUT2D eigenvalue weighted by molar-refractivity contribution is 0.477. The summed E-state index contributed by atoms with van der Waals surface area (Å²) in [5, 5.41) is 14.5. The Morgan fingerprint density at radius 1 is 0.929 bits per heavy atom. The van der Waals surface area contributed by atoms with E-state index in [0.29, 0.717) is 17.8 Å². The summed E-state index contributed by atoms with van der Waals surface area (Å²) < 4.78 is 0. The fraction of sp³-hybridized carbons (Fsp3) is 0.125. The van der Waals surface area contributed by atoms with Crippen LogP contribution in [0.25, 0.3) is 22.0 Å². The third kappa shape index (κ3) is 3.49. The van der Waals surface area contributed by atoms with Crippen molar-refractivity contribution in [2.75, 3.05) is 5.32 Å². The molecule has 0 spiro atoms. The quantitative estimate of drug-likeness (QED) is 0.436. The van der Waals surface area contributed by atoms with Crippen LogP contribution in [0.2, 0.25) is 0 Å². The number of aromatic nitrogens is 1. The van der Waals surface area contributed by atoms with Crippen molar-refractivity contribution in [3.8, 4) is 16.9 Å². The molecule has 4 aromatic rings. The predicted molar refractivity (Wildman–Crippen MR) is 115 cm³/mol. The largest absolute Gasteiger partial charge is 0.506 e. The van der Waals surface area contributed by atoms with Crippen molar-refractivity contribution in [2.24, 2.45) is 0 Å². The smallest absolute Gasteiger partial charge is 0.253 e. The van der Waals surface area contributed by atoms with Gasteiger partial charge in [-0.15, -0.1) is 0 Å². The second-order valence-corrected chi connectivity index (χ2v) is 7.12. The number of aromatic hydroxyl groups is 1. The molecule has 0 unspecified atom stereocenters. The summed E-state index contributed by atoms with van der Waals surface area (Å²) in [6.07, 6.45) is 0. The Labute approximate surface area is 163 Å². The summed E-state index contributed by atoms with van der Waals surface area (Å²) in [4.78, 5) is 15.5. The SMILES string of the molecule is Cc1cc(C)c2cc(CNc3cc(-c4ccccc4)ccc3O)c(=O)[nH]c2c1. The van der Waals surface area contributed by atoms with E-state index in [1.165, 1.54) is 0 Å². The Bertz CT molecular complexity index is 1210. The van der Waals surface area contributed by atoms with Crippen LogP contribution < -0.4 is 10.9 Å². The Kier molecular flexibility index (Phi) is 4.62. The van der Waals surface area contributed by atoms with Crippen molar-refractivity contribution in [1.29, 1.82) is 0 Å². The first-order valence-corrected chi connectivity index (χ1v) is 9.27.